The Hall–Kier alpha value is -2.51. The quantitative estimate of drug-likeness (QED) is 0.276. The van der Waals surface area contributed by atoms with E-state index in [1.165, 1.54) is 18.2 Å². The number of hydrogen-bond donors (Lipinski definition) is 1. The SMILES string of the molecule is C[C@](C#N)(COc1ccc(Br)cc1Oc1ccc(Cl)cc1Cl)NC(=S)c1ccc(C(F)(F)F)cc1. The van der Waals surface area contributed by atoms with Crippen molar-refractivity contribution in [2.75, 3.05) is 6.61 Å². The highest BCUT2D eigenvalue weighted by Crippen LogP contribution is 2.38. The maximum atomic E-state index is 12.8. The van der Waals surface area contributed by atoms with E-state index in [-0.39, 0.29) is 11.6 Å². The molecular formula is C24H16BrCl2F3N2O2S. The summed E-state index contributed by atoms with van der Waals surface area (Å²) in [6.45, 7) is 1.40. The number of rotatable bonds is 7. The Morgan fingerprint density at radius 2 is 1.69 bits per heavy atom. The highest BCUT2D eigenvalue weighted by molar-refractivity contribution is 9.10. The van der Waals surface area contributed by atoms with Crippen LogP contribution < -0.4 is 14.8 Å². The van der Waals surface area contributed by atoms with Gasteiger partial charge in [0.1, 0.15) is 17.3 Å². The van der Waals surface area contributed by atoms with Crippen LogP contribution in [0.3, 0.4) is 0 Å². The number of nitriles is 1. The standard InChI is InChI=1S/C24H16BrCl2F3N2O2S/c1-23(12-31,32-22(35)14-2-4-15(5-3-14)24(28,29)30)13-33-20-8-6-16(25)10-21(20)34-19-9-7-17(26)11-18(19)27/h2-11H,13H2,1H3,(H,32,35)/t23-/m0/s1. The Morgan fingerprint density at radius 3 is 2.29 bits per heavy atom. The van der Waals surface area contributed by atoms with Crippen molar-refractivity contribution < 1.29 is 22.6 Å². The van der Waals surface area contributed by atoms with E-state index in [9.17, 15) is 18.4 Å². The van der Waals surface area contributed by atoms with Crippen molar-refractivity contribution in [1.82, 2.24) is 5.32 Å². The molecule has 0 aliphatic heterocycles. The summed E-state index contributed by atoms with van der Waals surface area (Å²) in [5, 5.41) is 13.4. The molecule has 0 saturated heterocycles. The normalized spacial score (nSPS) is 12.9. The lowest BCUT2D eigenvalue weighted by Gasteiger charge is -2.25. The Kier molecular flexibility index (Phi) is 8.54. The van der Waals surface area contributed by atoms with Gasteiger partial charge in [0.2, 0.25) is 0 Å². The predicted octanol–water partition coefficient (Wildman–Crippen LogP) is 8.19. The monoisotopic (exact) mass is 602 g/mol. The molecule has 0 heterocycles. The van der Waals surface area contributed by atoms with Gasteiger partial charge >= 0.3 is 6.18 Å². The maximum Gasteiger partial charge on any atom is 0.416 e. The van der Waals surface area contributed by atoms with Crippen LogP contribution in [0.2, 0.25) is 10.0 Å². The molecule has 1 atom stereocenters. The summed E-state index contributed by atoms with van der Waals surface area (Å²) in [5.74, 6) is 1.00. The fourth-order valence-electron chi connectivity index (χ4n) is 2.81. The molecule has 0 fully saturated rings. The largest absolute Gasteiger partial charge is 0.486 e. The van der Waals surface area contributed by atoms with Gasteiger partial charge in [0.05, 0.1) is 16.7 Å². The van der Waals surface area contributed by atoms with Crippen LogP contribution in [-0.2, 0) is 6.18 Å². The van der Waals surface area contributed by atoms with E-state index in [4.69, 9.17) is 44.9 Å². The van der Waals surface area contributed by atoms with Gasteiger partial charge in [-0.2, -0.15) is 18.4 Å². The van der Waals surface area contributed by atoms with E-state index in [2.05, 4.69) is 27.3 Å². The summed E-state index contributed by atoms with van der Waals surface area (Å²) in [6.07, 6.45) is -4.46. The average Bonchev–Trinajstić information content (AvgIpc) is 2.80. The molecule has 11 heteroatoms. The van der Waals surface area contributed by atoms with Gasteiger partial charge in [-0.1, -0.05) is 63.5 Å². The number of nitrogens with one attached hydrogen (secondary N) is 1. The smallest absolute Gasteiger partial charge is 0.416 e. The van der Waals surface area contributed by atoms with Crippen molar-refractivity contribution in [2.24, 2.45) is 0 Å². The lowest BCUT2D eigenvalue weighted by Crippen LogP contribution is -2.49. The minimum absolute atomic E-state index is 0.103. The van der Waals surface area contributed by atoms with Crippen molar-refractivity contribution in [3.05, 3.63) is 86.3 Å². The first kappa shape index (κ1) is 27.1. The summed E-state index contributed by atoms with van der Waals surface area (Å²) >= 11 is 20.8. The van der Waals surface area contributed by atoms with Gasteiger partial charge in [0.15, 0.2) is 17.0 Å². The minimum Gasteiger partial charge on any atom is -0.486 e. The Balaban J connectivity index is 1.74. The summed E-state index contributed by atoms with van der Waals surface area (Å²) in [7, 11) is 0. The van der Waals surface area contributed by atoms with E-state index in [0.717, 1.165) is 16.6 Å². The molecule has 3 aromatic rings. The number of halogens is 6. The van der Waals surface area contributed by atoms with E-state index in [1.807, 2.05) is 0 Å². The highest BCUT2D eigenvalue weighted by Gasteiger charge is 2.31. The Labute approximate surface area is 223 Å². The molecule has 0 aliphatic carbocycles. The fourth-order valence-corrected chi connectivity index (χ4v) is 3.96. The molecule has 0 unspecified atom stereocenters. The molecule has 182 valence electrons. The molecule has 1 N–H and O–H groups in total. The van der Waals surface area contributed by atoms with E-state index >= 15 is 0 Å². The molecule has 3 aromatic carbocycles. The third-order valence-corrected chi connectivity index (χ3v) is 6.01. The number of hydrogen-bond acceptors (Lipinski definition) is 4. The average molecular weight is 604 g/mol. The zero-order chi connectivity index (χ0) is 25.8. The highest BCUT2D eigenvalue weighted by atomic mass is 79.9. The van der Waals surface area contributed by atoms with Crippen LogP contribution in [0, 0.1) is 11.3 Å². The Morgan fingerprint density at radius 1 is 1.03 bits per heavy atom. The van der Waals surface area contributed by atoms with Crippen molar-refractivity contribution in [3.8, 4) is 23.3 Å². The molecule has 0 spiro atoms. The fraction of sp³-hybridized carbons (Fsp3) is 0.167. The molecule has 0 aliphatic rings. The third kappa shape index (κ3) is 7.24. The lowest BCUT2D eigenvalue weighted by atomic mass is 10.0. The molecule has 0 bridgehead atoms. The van der Waals surface area contributed by atoms with Crippen LogP contribution in [-0.4, -0.2) is 17.1 Å². The number of thiocarbonyl (C=S) groups is 1. The van der Waals surface area contributed by atoms with Gasteiger partial charge < -0.3 is 14.8 Å². The maximum absolute atomic E-state index is 12.8. The summed E-state index contributed by atoms with van der Waals surface area (Å²) in [4.78, 5) is 0.103. The topological polar surface area (TPSA) is 54.3 Å². The lowest BCUT2D eigenvalue weighted by molar-refractivity contribution is -0.137. The molecule has 0 aromatic heterocycles. The van der Waals surface area contributed by atoms with Crippen LogP contribution in [0.1, 0.15) is 18.1 Å². The number of benzene rings is 3. The van der Waals surface area contributed by atoms with Crippen molar-refractivity contribution in [1.29, 1.82) is 5.26 Å². The summed E-state index contributed by atoms with van der Waals surface area (Å²) in [5.41, 5.74) is -1.76. The molecule has 35 heavy (non-hydrogen) atoms. The van der Waals surface area contributed by atoms with Crippen molar-refractivity contribution in [2.45, 2.75) is 18.6 Å². The molecule has 0 amide bonds. The van der Waals surface area contributed by atoms with Crippen LogP contribution in [0.15, 0.2) is 65.1 Å². The van der Waals surface area contributed by atoms with Crippen molar-refractivity contribution in [3.63, 3.8) is 0 Å². The van der Waals surface area contributed by atoms with Crippen molar-refractivity contribution >= 4 is 56.3 Å². The molecular weight excluding hydrogens is 588 g/mol. The summed E-state index contributed by atoms with van der Waals surface area (Å²) in [6, 6.07) is 16.3. The third-order valence-electron chi connectivity index (χ3n) is 4.65. The predicted molar refractivity (Wildman–Crippen MR) is 136 cm³/mol. The zero-order valence-electron chi connectivity index (χ0n) is 17.9. The van der Waals surface area contributed by atoms with Crippen LogP contribution in [0.4, 0.5) is 13.2 Å². The Bertz CT molecular complexity index is 1280. The van der Waals surface area contributed by atoms with Gasteiger partial charge in [-0.25, -0.2) is 0 Å². The zero-order valence-corrected chi connectivity index (χ0v) is 21.8. The molecule has 0 saturated carbocycles. The van der Waals surface area contributed by atoms with Crippen LogP contribution in [0.5, 0.6) is 17.2 Å². The number of ether oxygens (including phenoxy) is 2. The van der Waals surface area contributed by atoms with Gasteiger partial charge in [-0.15, -0.1) is 0 Å². The van der Waals surface area contributed by atoms with Gasteiger partial charge in [0.25, 0.3) is 0 Å². The first-order valence-electron chi connectivity index (χ1n) is 9.86. The minimum atomic E-state index is -4.46. The van der Waals surface area contributed by atoms with E-state index < -0.39 is 17.3 Å². The molecule has 0 radical (unpaired) electrons. The summed E-state index contributed by atoms with van der Waals surface area (Å²) < 4.78 is 50.9. The van der Waals surface area contributed by atoms with E-state index in [1.54, 1.807) is 37.3 Å². The second kappa shape index (κ2) is 11.0. The first-order valence-corrected chi connectivity index (χ1v) is 11.8. The van der Waals surface area contributed by atoms with Crippen LogP contribution >= 0.6 is 51.3 Å². The van der Waals surface area contributed by atoms with E-state index in [0.29, 0.717) is 32.9 Å². The number of nitrogens with zero attached hydrogens (tertiary/aromatic N) is 1. The molecule has 4 nitrogen and oxygen atoms in total. The first-order chi connectivity index (χ1) is 16.4. The molecule has 3 rings (SSSR count). The number of alkyl halides is 3. The van der Waals surface area contributed by atoms with Gasteiger partial charge in [-0.05, 0) is 55.5 Å². The van der Waals surface area contributed by atoms with Crippen LogP contribution in [0.25, 0.3) is 0 Å². The second-order valence-electron chi connectivity index (χ2n) is 7.53. The second-order valence-corrected chi connectivity index (χ2v) is 9.70. The van der Waals surface area contributed by atoms with Gasteiger partial charge in [0, 0.05) is 15.1 Å². The van der Waals surface area contributed by atoms with Gasteiger partial charge in [-0.3, -0.25) is 0 Å².